The van der Waals surface area contributed by atoms with Crippen LogP contribution in [0.15, 0.2) is 47.3 Å². The molecule has 1 aromatic carbocycles. The number of imidazole rings is 1. The quantitative estimate of drug-likeness (QED) is 0.554. The molecular formula is C16H17ClFN5O2S. The van der Waals surface area contributed by atoms with E-state index < -0.39 is 0 Å². The number of benzene rings is 1. The predicted octanol–water partition coefficient (Wildman–Crippen LogP) is 2.44. The Bertz CT molecular complexity index is 1030. The number of H-pyrrole nitrogens is 2. The van der Waals surface area contributed by atoms with Crippen molar-refractivity contribution < 1.29 is 9.13 Å². The molecule has 10 heteroatoms. The standard InChI is InChI=1S/C16H16FN5O2S.ClH/c17-5-11(6-18)8-24-12-3-1-10(2-4-12)7-22-14-13(19-9-20-14)15(23)21-16(22)25;/h1-5,9H,6-8,18H2,(H,19,20)(H,21,23,25);1H/b11-5+;. The van der Waals surface area contributed by atoms with Crippen molar-refractivity contribution in [3.05, 3.63) is 63.2 Å². The van der Waals surface area contributed by atoms with Crippen molar-refractivity contribution in [3.8, 4) is 5.75 Å². The summed E-state index contributed by atoms with van der Waals surface area (Å²) in [4.78, 5) is 21.4. The topological polar surface area (TPSA) is 102 Å². The van der Waals surface area contributed by atoms with Crippen LogP contribution in [0.25, 0.3) is 11.2 Å². The summed E-state index contributed by atoms with van der Waals surface area (Å²) >= 11 is 5.23. The molecule has 2 aromatic heterocycles. The lowest BCUT2D eigenvalue weighted by atomic mass is 10.2. The van der Waals surface area contributed by atoms with E-state index in [2.05, 4.69) is 15.0 Å². The minimum atomic E-state index is -0.297. The highest BCUT2D eigenvalue weighted by molar-refractivity contribution is 7.71. The van der Waals surface area contributed by atoms with E-state index in [0.29, 0.717) is 40.1 Å². The smallest absolute Gasteiger partial charge is 0.277 e. The van der Waals surface area contributed by atoms with Crippen molar-refractivity contribution in [3.63, 3.8) is 0 Å². The zero-order valence-electron chi connectivity index (χ0n) is 13.6. The molecule has 4 N–H and O–H groups in total. The first kappa shape index (κ1) is 19.8. The highest BCUT2D eigenvalue weighted by atomic mass is 35.5. The summed E-state index contributed by atoms with van der Waals surface area (Å²) in [6.07, 6.45) is 1.91. The van der Waals surface area contributed by atoms with E-state index in [1.165, 1.54) is 6.33 Å². The number of nitrogens with two attached hydrogens (primary N) is 1. The Hall–Kier alpha value is -2.49. The minimum absolute atomic E-state index is 0. The van der Waals surface area contributed by atoms with Gasteiger partial charge >= 0.3 is 0 Å². The van der Waals surface area contributed by atoms with Gasteiger partial charge in [0.05, 0.1) is 19.2 Å². The molecule has 0 bridgehead atoms. The fraction of sp³-hybridized carbons (Fsp3) is 0.188. The van der Waals surface area contributed by atoms with E-state index in [9.17, 15) is 9.18 Å². The maximum Gasteiger partial charge on any atom is 0.277 e. The molecule has 26 heavy (non-hydrogen) atoms. The van der Waals surface area contributed by atoms with Crippen LogP contribution in [0.4, 0.5) is 4.39 Å². The Morgan fingerprint density at radius 2 is 2.12 bits per heavy atom. The van der Waals surface area contributed by atoms with Gasteiger partial charge in [0.2, 0.25) is 0 Å². The number of hydrogen-bond donors (Lipinski definition) is 3. The van der Waals surface area contributed by atoms with Crippen molar-refractivity contribution in [2.45, 2.75) is 6.54 Å². The monoisotopic (exact) mass is 397 g/mol. The number of rotatable bonds is 6. The third kappa shape index (κ3) is 4.18. The van der Waals surface area contributed by atoms with Crippen molar-refractivity contribution in [1.82, 2.24) is 19.5 Å². The summed E-state index contributed by atoms with van der Waals surface area (Å²) in [6, 6.07) is 7.28. The number of ether oxygens (including phenoxy) is 1. The SMILES string of the molecule is Cl.NC/C(=C\F)COc1ccc(Cn2c(=S)[nH]c(=O)c3[nH]cnc32)cc1. The van der Waals surface area contributed by atoms with E-state index >= 15 is 0 Å². The predicted molar refractivity (Wildman–Crippen MR) is 102 cm³/mol. The second-order valence-corrected chi connectivity index (χ2v) is 5.74. The fourth-order valence-electron chi connectivity index (χ4n) is 2.31. The molecule has 0 unspecified atom stereocenters. The van der Waals surface area contributed by atoms with E-state index in [0.717, 1.165) is 5.56 Å². The average molecular weight is 398 g/mol. The molecule has 0 saturated heterocycles. The fourth-order valence-corrected chi connectivity index (χ4v) is 2.56. The summed E-state index contributed by atoms with van der Waals surface area (Å²) < 4.78 is 20.0. The van der Waals surface area contributed by atoms with Crippen molar-refractivity contribution in [2.75, 3.05) is 13.2 Å². The Labute approximate surface area is 159 Å². The third-order valence-electron chi connectivity index (χ3n) is 3.67. The van der Waals surface area contributed by atoms with Crippen LogP contribution in [0.2, 0.25) is 0 Å². The molecule has 138 valence electrons. The Balaban J connectivity index is 0.00000243. The van der Waals surface area contributed by atoms with Gasteiger partial charge in [-0.3, -0.25) is 14.3 Å². The van der Waals surface area contributed by atoms with Crippen molar-refractivity contribution in [1.29, 1.82) is 0 Å². The molecule has 0 aliphatic rings. The first-order valence-electron chi connectivity index (χ1n) is 7.48. The summed E-state index contributed by atoms with van der Waals surface area (Å²) in [6.45, 7) is 0.652. The second kappa shape index (κ2) is 8.75. The van der Waals surface area contributed by atoms with E-state index in [1.807, 2.05) is 12.1 Å². The molecule has 0 aliphatic heterocycles. The van der Waals surface area contributed by atoms with Gasteiger partial charge in [-0.15, -0.1) is 12.4 Å². The number of nitrogens with one attached hydrogen (secondary N) is 2. The highest BCUT2D eigenvalue weighted by Crippen LogP contribution is 2.15. The van der Waals surface area contributed by atoms with Crippen LogP contribution < -0.4 is 16.0 Å². The minimum Gasteiger partial charge on any atom is -0.489 e. The molecule has 0 radical (unpaired) electrons. The molecule has 0 spiro atoms. The summed E-state index contributed by atoms with van der Waals surface area (Å²) in [5, 5.41) is 0. The number of hydrogen-bond acceptors (Lipinski definition) is 5. The van der Waals surface area contributed by atoms with Crippen molar-refractivity contribution >= 4 is 35.8 Å². The number of fused-ring (bicyclic) bond motifs is 1. The number of halogens is 2. The molecule has 0 saturated carbocycles. The maximum atomic E-state index is 12.5. The molecule has 0 fully saturated rings. The van der Waals surface area contributed by atoms with Crippen molar-refractivity contribution in [2.24, 2.45) is 5.73 Å². The molecule has 0 aliphatic carbocycles. The summed E-state index contributed by atoms with van der Waals surface area (Å²) in [5.74, 6) is 0.603. The Morgan fingerprint density at radius 1 is 1.38 bits per heavy atom. The largest absolute Gasteiger partial charge is 0.489 e. The summed E-state index contributed by atoms with van der Waals surface area (Å²) in [5.41, 5.74) is 7.28. The lowest BCUT2D eigenvalue weighted by Crippen LogP contribution is -2.15. The van der Waals surface area contributed by atoms with Gasteiger partial charge < -0.3 is 15.5 Å². The van der Waals surface area contributed by atoms with Gasteiger partial charge in [-0.2, -0.15) is 0 Å². The Kier molecular flexibility index (Phi) is 6.67. The molecule has 2 heterocycles. The molecular weight excluding hydrogens is 381 g/mol. The lowest BCUT2D eigenvalue weighted by Gasteiger charge is -2.10. The van der Waals surface area contributed by atoms with Crippen LogP contribution in [0, 0.1) is 4.77 Å². The van der Waals surface area contributed by atoms with Gasteiger partial charge in [0.25, 0.3) is 5.56 Å². The summed E-state index contributed by atoms with van der Waals surface area (Å²) in [7, 11) is 0. The first-order chi connectivity index (χ1) is 12.1. The van der Waals surface area contributed by atoms with Crippen LogP contribution in [0.5, 0.6) is 5.75 Å². The van der Waals surface area contributed by atoms with Gasteiger partial charge in [-0.05, 0) is 29.9 Å². The van der Waals surface area contributed by atoms with E-state index in [4.69, 9.17) is 22.7 Å². The molecule has 0 amide bonds. The van der Waals surface area contributed by atoms with Crippen LogP contribution in [-0.4, -0.2) is 32.7 Å². The van der Waals surface area contributed by atoms with Gasteiger partial charge in [0.15, 0.2) is 10.4 Å². The van der Waals surface area contributed by atoms with E-state index in [1.54, 1.807) is 16.7 Å². The third-order valence-corrected chi connectivity index (χ3v) is 3.99. The zero-order chi connectivity index (χ0) is 17.8. The van der Waals surface area contributed by atoms with Crippen LogP contribution >= 0.6 is 24.6 Å². The number of nitrogens with zero attached hydrogens (tertiary/aromatic N) is 2. The van der Waals surface area contributed by atoms with Gasteiger partial charge in [0.1, 0.15) is 17.9 Å². The van der Waals surface area contributed by atoms with Gasteiger partial charge in [-0.1, -0.05) is 12.1 Å². The first-order valence-corrected chi connectivity index (χ1v) is 7.89. The van der Waals surface area contributed by atoms with Crippen LogP contribution in [0.1, 0.15) is 5.56 Å². The molecule has 0 atom stereocenters. The van der Waals surface area contributed by atoms with Gasteiger partial charge in [0, 0.05) is 12.1 Å². The normalized spacial score (nSPS) is 11.4. The van der Waals surface area contributed by atoms with Gasteiger partial charge in [-0.25, -0.2) is 9.37 Å². The maximum absolute atomic E-state index is 12.5. The van der Waals surface area contributed by atoms with Crippen LogP contribution in [0.3, 0.4) is 0 Å². The molecule has 3 rings (SSSR count). The van der Waals surface area contributed by atoms with Crippen LogP contribution in [-0.2, 0) is 6.54 Å². The number of aromatic amines is 2. The van der Waals surface area contributed by atoms with E-state index in [-0.39, 0.29) is 31.1 Å². The molecule has 7 nitrogen and oxygen atoms in total. The molecule has 3 aromatic rings. The second-order valence-electron chi connectivity index (χ2n) is 5.35. The number of aromatic nitrogens is 4. The zero-order valence-corrected chi connectivity index (χ0v) is 15.2. The lowest BCUT2D eigenvalue weighted by molar-refractivity contribution is 0.347. The Morgan fingerprint density at radius 3 is 2.77 bits per heavy atom. The average Bonchev–Trinajstić information content (AvgIpc) is 3.11. The highest BCUT2D eigenvalue weighted by Gasteiger charge is 2.08.